The van der Waals surface area contributed by atoms with Gasteiger partial charge in [0.05, 0.1) is 0 Å². The van der Waals surface area contributed by atoms with E-state index in [4.69, 9.17) is 0 Å². The summed E-state index contributed by atoms with van der Waals surface area (Å²) in [6, 6.07) is 8.90. The van der Waals surface area contributed by atoms with E-state index >= 15 is 0 Å². The molecule has 0 fully saturated rings. The van der Waals surface area contributed by atoms with Gasteiger partial charge in [0.2, 0.25) is 0 Å². The number of amides is 1. The lowest BCUT2D eigenvalue weighted by atomic mass is 10.1. The van der Waals surface area contributed by atoms with Crippen molar-refractivity contribution in [3.63, 3.8) is 0 Å². The minimum Gasteiger partial charge on any atom is -0.369 e. The van der Waals surface area contributed by atoms with E-state index in [2.05, 4.69) is 10.3 Å². The number of carbonyl (C=O) groups excluding carboxylic acids is 1. The Bertz CT molecular complexity index is 562. The summed E-state index contributed by atoms with van der Waals surface area (Å²) in [6.07, 6.45) is 2.11. The first-order chi connectivity index (χ1) is 9.06. The monoisotopic (exact) mass is 256 g/mol. The van der Waals surface area contributed by atoms with Crippen LogP contribution in [0.1, 0.15) is 33.3 Å². The van der Waals surface area contributed by atoms with E-state index in [-0.39, 0.29) is 5.91 Å². The van der Waals surface area contributed by atoms with E-state index in [0.717, 1.165) is 11.1 Å². The Morgan fingerprint density at radius 1 is 1.16 bits per heavy atom. The minimum atomic E-state index is -1.03. The van der Waals surface area contributed by atoms with Gasteiger partial charge in [-0.05, 0) is 38.1 Å². The van der Waals surface area contributed by atoms with E-state index in [0.29, 0.717) is 11.1 Å². The van der Waals surface area contributed by atoms with Crippen LogP contribution in [0.2, 0.25) is 0 Å². The Morgan fingerprint density at radius 3 is 2.32 bits per heavy atom. The van der Waals surface area contributed by atoms with Crippen LogP contribution in [0.25, 0.3) is 0 Å². The Hall–Kier alpha value is -2.20. The van der Waals surface area contributed by atoms with Gasteiger partial charge >= 0.3 is 0 Å². The van der Waals surface area contributed by atoms with E-state index in [1.807, 2.05) is 19.9 Å². The third kappa shape index (κ3) is 3.39. The SMILES string of the molecule is Cc1cc(C)cc(C(=O)NC(O)c2ccncc2)c1. The first-order valence-electron chi connectivity index (χ1n) is 6.03. The van der Waals surface area contributed by atoms with E-state index in [1.54, 1.807) is 36.7 Å². The predicted molar refractivity (Wildman–Crippen MR) is 72.6 cm³/mol. The lowest BCUT2D eigenvalue weighted by Crippen LogP contribution is -2.28. The van der Waals surface area contributed by atoms with E-state index in [9.17, 15) is 9.90 Å². The first kappa shape index (κ1) is 13.2. The summed E-state index contributed by atoms with van der Waals surface area (Å²) < 4.78 is 0. The number of benzene rings is 1. The summed E-state index contributed by atoms with van der Waals surface area (Å²) >= 11 is 0. The van der Waals surface area contributed by atoms with Crippen LogP contribution < -0.4 is 5.32 Å². The molecule has 0 bridgehead atoms. The highest BCUT2D eigenvalue weighted by Gasteiger charge is 2.13. The maximum Gasteiger partial charge on any atom is 0.253 e. The molecule has 0 aliphatic rings. The van der Waals surface area contributed by atoms with Crippen LogP contribution in [0.5, 0.6) is 0 Å². The summed E-state index contributed by atoms with van der Waals surface area (Å²) in [5.74, 6) is -0.295. The van der Waals surface area contributed by atoms with Crippen molar-refractivity contribution in [2.24, 2.45) is 0 Å². The zero-order valence-corrected chi connectivity index (χ0v) is 10.9. The molecule has 19 heavy (non-hydrogen) atoms. The van der Waals surface area contributed by atoms with Gasteiger partial charge in [-0.2, -0.15) is 0 Å². The fourth-order valence-corrected chi connectivity index (χ4v) is 1.94. The number of aliphatic hydroxyl groups is 1. The van der Waals surface area contributed by atoms with Crippen LogP contribution >= 0.6 is 0 Å². The number of aryl methyl sites for hydroxylation is 2. The van der Waals surface area contributed by atoms with Crippen molar-refractivity contribution in [3.8, 4) is 0 Å². The lowest BCUT2D eigenvalue weighted by molar-refractivity contribution is 0.0783. The Morgan fingerprint density at radius 2 is 1.74 bits per heavy atom. The average molecular weight is 256 g/mol. The second-order valence-electron chi connectivity index (χ2n) is 4.53. The number of aromatic nitrogens is 1. The molecule has 98 valence electrons. The molecule has 0 saturated carbocycles. The number of aliphatic hydroxyl groups excluding tert-OH is 1. The van der Waals surface area contributed by atoms with Gasteiger partial charge in [-0.3, -0.25) is 9.78 Å². The van der Waals surface area contributed by atoms with Crippen LogP contribution in [-0.2, 0) is 0 Å². The van der Waals surface area contributed by atoms with Gasteiger partial charge in [0.15, 0.2) is 6.23 Å². The molecule has 1 heterocycles. The molecular formula is C15H16N2O2. The molecule has 0 saturated heterocycles. The predicted octanol–water partition coefficient (Wildman–Crippen LogP) is 2.12. The smallest absolute Gasteiger partial charge is 0.253 e. The first-order valence-corrected chi connectivity index (χ1v) is 6.03. The van der Waals surface area contributed by atoms with Crippen molar-refractivity contribution in [1.82, 2.24) is 10.3 Å². The van der Waals surface area contributed by atoms with Gasteiger partial charge in [-0.1, -0.05) is 17.2 Å². The number of pyridine rings is 1. The fourth-order valence-electron chi connectivity index (χ4n) is 1.94. The highest BCUT2D eigenvalue weighted by molar-refractivity contribution is 5.94. The highest BCUT2D eigenvalue weighted by Crippen LogP contribution is 2.12. The minimum absolute atomic E-state index is 0.295. The van der Waals surface area contributed by atoms with Crippen molar-refractivity contribution in [2.45, 2.75) is 20.1 Å². The largest absolute Gasteiger partial charge is 0.369 e. The van der Waals surface area contributed by atoms with E-state index < -0.39 is 6.23 Å². The molecule has 0 radical (unpaired) electrons. The Kier molecular flexibility index (Phi) is 3.92. The van der Waals surface area contributed by atoms with Gasteiger partial charge in [0.25, 0.3) is 5.91 Å². The number of carbonyl (C=O) groups is 1. The summed E-state index contributed by atoms with van der Waals surface area (Å²) in [5, 5.41) is 12.5. The standard InChI is InChI=1S/C15H16N2O2/c1-10-7-11(2)9-13(8-10)15(19)17-14(18)12-3-5-16-6-4-12/h3-9,14,18H,1-2H3,(H,17,19). The van der Waals surface area contributed by atoms with Gasteiger partial charge in [0.1, 0.15) is 0 Å². The normalized spacial score (nSPS) is 11.9. The molecule has 0 aliphatic carbocycles. The molecule has 1 amide bonds. The third-order valence-electron chi connectivity index (χ3n) is 2.77. The third-order valence-corrected chi connectivity index (χ3v) is 2.77. The molecule has 2 N–H and O–H groups in total. The van der Waals surface area contributed by atoms with Crippen LogP contribution in [0.3, 0.4) is 0 Å². The fraction of sp³-hybridized carbons (Fsp3) is 0.200. The molecule has 4 nitrogen and oxygen atoms in total. The van der Waals surface area contributed by atoms with Crippen molar-refractivity contribution < 1.29 is 9.90 Å². The van der Waals surface area contributed by atoms with Crippen molar-refractivity contribution in [3.05, 3.63) is 65.0 Å². The Labute approximate surface area is 112 Å². The second kappa shape index (κ2) is 5.63. The van der Waals surface area contributed by atoms with Gasteiger partial charge in [0, 0.05) is 23.5 Å². The number of nitrogens with one attached hydrogen (secondary N) is 1. The van der Waals surface area contributed by atoms with Crippen molar-refractivity contribution >= 4 is 5.91 Å². The molecule has 2 rings (SSSR count). The van der Waals surface area contributed by atoms with Crippen LogP contribution in [0.4, 0.5) is 0 Å². The summed E-state index contributed by atoms with van der Waals surface area (Å²) in [4.78, 5) is 15.9. The Balaban J connectivity index is 2.13. The van der Waals surface area contributed by atoms with Crippen molar-refractivity contribution in [2.75, 3.05) is 0 Å². The lowest BCUT2D eigenvalue weighted by Gasteiger charge is -2.13. The summed E-state index contributed by atoms with van der Waals surface area (Å²) in [5.41, 5.74) is 3.19. The molecular weight excluding hydrogens is 240 g/mol. The quantitative estimate of drug-likeness (QED) is 0.827. The number of hydrogen-bond donors (Lipinski definition) is 2. The molecule has 1 aromatic carbocycles. The second-order valence-corrected chi connectivity index (χ2v) is 4.53. The summed E-state index contributed by atoms with van der Waals surface area (Å²) in [7, 11) is 0. The number of nitrogens with zero attached hydrogens (tertiary/aromatic N) is 1. The number of hydrogen-bond acceptors (Lipinski definition) is 3. The maximum atomic E-state index is 12.0. The molecule has 4 heteroatoms. The number of rotatable bonds is 3. The van der Waals surface area contributed by atoms with Crippen LogP contribution in [-0.4, -0.2) is 16.0 Å². The van der Waals surface area contributed by atoms with E-state index in [1.165, 1.54) is 0 Å². The highest BCUT2D eigenvalue weighted by atomic mass is 16.3. The zero-order chi connectivity index (χ0) is 13.8. The molecule has 1 aromatic heterocycles. The topological polar surface area (TPSA) is 62.2 Å². The molecule has 1 atom stereocenters. The van der Waals surface area contributed by atoms with Gasteiger partial charge < -0.3 is 10.4 Å². The molecule has 2 aromatic rings. The molecule has 0 spiro atoms. The molecule has 1 unspecified atom stereocenters. The van der Waals surface area contributed by atoms with Crippen LogP contribution in [0.15, 0.2) is 42.7 Å². The van der Waals surface area contributed by atoms with Crippen molar-refractivity contribution in [1.29, 1.82) is 0 Å². The van der Waals surface area contributed by atoms with Crippen LogP contribution in [0, 0.1) is 13.8 Å². The summed E-state index contributed by atoms with van der Waals surface area (Å²) in [6.45, 7) is 3.87. The maximum absolute atomic E-state index is 12.0. The zero-order valence-electron chi connectivity index (χ0n) is 10.9. The average Bonchev–Trinajstić information content (AvgIpc) is 2.38. The molecule has 0 aliphatic heterocycles. The van der Waals surface area contributed by atoms with Gasteiger partial charge in [-0.15, -0.1) is 0 Å². The van der Waals surface area contributed by atoms with Gasteiger partial charge in [-0.25, -0.2) is 0 Å².